The molecule has 2 heterocycles. The number of carbonyl (C=O) groups excluding carboxylic acids is 1. The fraction of sp³-hybridized carbons (Fsp3) is 0.100. The monoisotopic (exact) mass is 410 g/mol. The number of carbonyl (C=O) groups is 1. The molecule has 1 N–H and O–H groups in total. The van der Waals surface area contributed by atoms with Crippen LogP contribution in [-0.4, -0.2) is 30.2 Å². The molecule has 0 bridgehead atoms. The maximum absolute atomic E-state index is 12.1. The molecule has 0 amide bonds. The Hall–Kier alpha value is -2.86. The van der Waals surface area contributed by atoms with Crippen LogP contribution in [0.4, 0.5) is 0 Å². The van der Waals surface area contributed by atoms with Gasteiger partial charge in [-0.3, -0.25) is 0 Å². The average Bonchev–Trinajstić information content (AvgIpc) is 3.05. The highest BCUT2D eigenvalue weighted by Gasteiger charge is 2.18. The highest BCUT2D eigenvalue weighted by Crippen LogP contribution is 2.35. The lowest BCUT2D eigenvalue weighted by Gasteiger charge is -2.09. The second-order valence-electron chi connectivity index (χ2n) is 5.79. The fourth-order valence-corrected chi connectivity index (χ4v) is 3.62. The van der Waals surface area contributed by atoms with Crippen molar-refractivity contribution in [2.45, 2.75) is 0 Å². The van der Waals surface area contributed by atoms with Gasteiger partial charge in [-0.1, -0.05) is 18.2 Å². The van der Waals surface area contributed by atoms with E-state index in [0.29, 0.717) is 5.69 Å². The van der Waals surface area contributed by atoms with E-state index < -0.39 is 5.97 Å². The Bertz CT molecular complexity index is 1150. The number of aromatic nitrogens is 2. The Morgan fingerprint density at radius 2 is 1.88 bits per heavy atom. The lowest BCUT2D eigenvalue weighted by atomic mass is 10.1. The molecule has 130 valence electrons. The Kier molecular flexibility index (Phi) is 4.12. The number of nitrogens with zero attached hydrogens (tertiary/aromatic N) is 1. The Balaban J connectivity index is 2.06. The van der Waals surface area contributed by atoms with Crippen molar-refractivity contribution in [1.82, 2.24) is 9.97 Å². The number of hydrogen-bond donors (Lipinski definition) is 1. The number of fused-ring (bicyclic) bond motifs is 3. The number of aromatic amines is 1. The first-order valence-electron chi connectivity index (χ1n) is 7.96. The van der Waals surface area contributed by atoms with Gasteiger partial charge < -0.3 is 14.5 Å². The van der Waals surface area contributed by atoms with Gasteiger partial charge in [-0.25, -0.2) is 9.78 Å². The van der Waals surface area contributed by atoms with E-state index in [1.165, 1.54) is 7.11 Å². The van der Waals surface area contributed by atoms with E-state index in [-0.39, 0.29) is 5.69 Å². The van der Waals surface area contributed by atoms with Crippen LogP contribution in [0.1, 0.15) is 10.5 Å². The van der Waals surface area contributed by atoms with Gasteiger partial charge in [-0.15, -0.1) is 0 Å². The van der Waals surface area contributed by atoms with E-state index in [1.54, 1.807) is 13.2 Å². The van der Waals surface area contributed by atoms with E-state index >= 15 is 0 Å². The topological polar surface area (TPSA) is 64.2 Å². The largest absolute Gasteiger partial charge is 0.496 e. The highest BCUT2D eigenvalue weighted by atomic mass is 79.9. The highest BCUT2D eigenvalue weighted by molar-refractivity contribution is 9.10. The molecule has 0 fully saturated rings. The molecule has 2 aromatic carbocycles. The van der Waals surface area contributed by atoms with Crippen molar-refractivity contribution >= 4 is 43.7 Å². The molecule has 4 aromatic rings. The van der Waals surface area contributed by atoms with Gasteiger partial charge in [0.1, 0.15) is 11.4 Å². The quantitative estimate of drug-likeness (QED) is 0.485. The van der Waals surface area contributed by atoms with Crippen LogP contribution in [0.25, 0.3) is 33.1 Å². The molecule has 5 nitrogen and oxygen atoms in total. The number of H-pyrrole nitrogens is 1. The Morgan fingerprint density at radius 3 is 2.62 bits per heavy atom. The first-order chi connectivity index (χ1) is 12.6. The van der Waals surface area contributed by atoms with Gasteiger partial charge in [-0.05, 0) is 46.3 Å². The zero-order valence-electron chi connectivity index (χ0n) is 14.2. The van der Waals surface area contributed by atoms with Crippen molar-refractivity contribution < 1.29 is 14.3 Å². The van der Waals surface area contributed by atoms with Crippen LogP contribution in [0.5, 0.6) is 5.75 Å². The van der Waals surface area contributed by atoms with Crippen LogP contribution < -0.4 is 4.74 Å². The minimum atomic E-state index is -0.467. The summed E-state index contributed by atoms with van der Waals surface area (Å²) in [5.74, 6) is 0.261. The second-order valence-corrected chi connectivity index (χ2v) is 6.64. The lowest BCUT2D eigenvalue weighted by molar-refractivity contribution is 0.0594. The predicted molar refractivity (Wildman–Crippen MR) is 105 cm³/mol. The summed E-state index contributed by atoms with van der Waals surface area (Å²) in [6.07, 6.45) is 0. The van der Waals surface area contributed by atoms with Crippen LogP contribution in [-0.2, 0) is 4.74 Å². The summed E-state index contributed by atoms with van der Waals surface area (Å²) in [6.45, 7) is 0. The molecule has 0 spiro atoms. The van der Waals surface area contributed by atoms with E-state index in [4.69, 9.17) is 9.47 Å². The standard InChI is InChI=1S/C20H15BrN2O3/c1-25-17-8-7-11(9-14(17)21)18-19-13(10-16(23-18)20(24)26-2)12-5-3-4-6-15(12)22-19/h3-10,22H,1-2H3. The number of halogens is 1. The third kappa shape index (κ3) is 2.63. The number of rotatable bonds is 3. The average molecular weight is 411 g/mol. The summed E-state index contributed by atoms with van der Waals surface area (Å²) in [4.78, 5) is 20.1. The maximum atomic E-state index is 12.1. The summed E-state index contributed by atoms with van der Waals surface area (Å²) in [5.41, 5.74) is 3.67. The molecule has 0 aliphatic carbocycles. The molecule has 4 rings (SSSR count). The number of benzene rings is 2. The Morgan fingerprint density at radius 1 is 1.08 bits per heavy atom. The number of pyridine rings is 1. The first kappa shape index (κ1) is 16.6. The van der Waals surface area contributed by atoms with E-state index in [2.05, 4.69) is 25.9 Å². The third-order valence-electron chi connectivity index (χ3n) is 4.32. The van der Waals surface area contributed by atoms with Crippen LogP contribution in [0.2, 0.25) is 0 Å². The normalized spacial score (nSPS) is 11.0. The molecule has 0 atom stereocenters. The molecular weight excluding hydrogens is 396 g/mol. The summed E-state index contributed by atoms with van der Waals surface area (Å²) in [6, 6.07) is 15.4. The molecule has 0 saturated carbocycles. The molecule has 0 radical (unpaired) electrons. The molecule has 0 aliphatic rings. The summed E-state index contributed by atoms with van der Waals surface area (Å²) in [5, 5.41) is 1.96. The number of hydrogen-bond acceptors (Lipinski definition) is 4. The van der Waals surface area contributed by atoms with Crippen LogP contribution in [0, 0.1) is 0 Å². The van der Waals surface area contributed by atoms with Crippen molar-refractivity contribution in [2.24, 2.45) is 0 Å². The van der Waals surface area contributed by atoms with E-state index in [9.17, 15) is 4.79 Å². The van der Waals surface area contributed by atoms with Gasteiger partial charge in [0.25, 0.3) is 0 Å². The first-order valence-corrected chi connectivity index (χ1v) is 8.75. The van der Waals surface area contributed by atoms with Gasteiger partial charge in [0.2, 0.25) is 0 Å². The maximum Gasteiger partial charge on any atom is 0.356 e. The molecule has 0 aliphatic heterocycles. The number of para-hydroxylation sites is 1. The number of ether oxygens (including phenoxy) is 2. The summed E-state index contributed by atoms with van der Waals surface area (Å²) in [7, 11) is 2.97. The van der Waals surface area contributed by atoms with Gasteiger partial charge >= 0.3 is 5.97 Å². The fourth-order valence-electron chi connectivity index (χ4n) is 3.08. The summed E-state index contributed by atoms with van der Waals surface area (Å²) < 4.78 is 11.0. The summed E-state index contributed by atoms with van der Waals surface area (Å²) >= 11 is 3.51. The minimum absolute atomic E-state index is 0.270. The molecule has 2 aromatic heterocycles. The van der Waals surface area contributed by atoms with Crippen molar-refractivity contribution in [1.29, 1.82) is 0 Å². The van der Waals surface area contributed by atoms with Gasteiger partial charge in [0.15, 0.2) is 0 Å². The molecule has 0 unspecified atom stereocenters. The number of nitrogens with one attached hydrogen (secondary N) is 1. The van der Waals surface area contributed by atoms with Crippen LogP contribution >= 0.6 is 15.9 Å². The van der Waals surface area contributed by atoms with E-state index in [1.807, 2.05) is 42.5 Å². The molecule has 26 heavy (non-hydrogen) atoms. The minimum Gasteiger partial charge on any atom is -0.496 e. The van der Waals surface area contributed by atoms with Crippen molar-refractivity contribution in [3.8, 4) is 17.0 Å². The smallest absolute Gasteiger partial charge is 0.356 e. The van der Waals surface area contributed by atoms with E-state index in [0.717, 1.165) is 37.6 Å². The number of esters is 1. The Labute approximate surface area is 158 Å². The molecule has 6 heteroatoms. The second kappa shape index (κ2) is 6.46. The van der Waals surface area contributed by atoms with Crippen LogP contribution in [0.15, 0.2) is 53.0 Å². The van der Waals surface area contributed by atoms with Crippen LogP contribution in [0.3, 0.4) is 0 Å². The zero-order valence-corrected chi connectivity index (χ0v) is 15.8. The lowest BCUT2D eigenvalue weighted by Crippen LogP contribution is -2.05. The van der Waals surface area contributed by atoms with Gasteiger partial charge in [0, 0.05) is 21.9 Å². The molecular formula is C20H15BrN2O3. The van der Waals surface area contributed by atoms with Gasteiger partial charge in [0.05, 0.1) is 29.9 Å². The van der Waals surface area contributed by atoms with Crippen molar-refractivity contribution in [3.05, 3.63) is 58.7 Å². The predicted octanol–water partition coefficient (Wildman–Crippen LogP) is 4.94. The zero-order chi connectivity index (χ0) is 18.3. The third-order valence-corrected chi connectivity index (χ3v) is 4.94. The molecule has 0 saturated heterocycles. The number of methoxy groups -OCH3 is 2. The van der Waals surface area contributed by atoms with Gasteiger partial charge in [-0.2, -0.15) is 0 Å². The SMILES string of the molecule is COC(=O)c1cc2c([nH]c3ccccc32)c(-c2ccc(OC)c(Br)c2)n1. The van der Waals surface area contributed by atoms with Crippen molar-refractivity contribution in [2.75, 3.05) is 14.2 Å². The van der Waals surface area contributed by atoms with Crippen molar-refractivity contribution in [3.63, 3.8) is 0 Å².